The van der Waals surface area contributed by atoms with Crippen molar-refractivity contribution < 1.29 is 4.39 Å². The summed E-state index contributed by atoms with van der Waals surface area (Å²) in [5.41, 5.74) is 6.01. The molecule has 0 atom stereocenters. The summed E-state index contributed by atoms with van der Waals surface area (Å²) in [6, 6.07) is 3.03. The van der Waals surface area contributed by atoms with Crippen LogP contribution in [0.1, 0.15) is 12.5 Å². The van der Waals surface area contributed by atoms with Crippen molar-refractivity contribution in [2.45, 2.75) is 13.5 Å². The van der Waals surface area contributed by atoms with Crippen molar-refractivity contribution in [2.75, 3.05) is 19.6 Å². The predicted molar refractivity (Wildman–Crippen MR) is 69.1 cm³/mol. The van der Waals surface area contributed by atoms with Gasteiger partial charge in [0.05, 0.1) is 5.02 Å². The Hall–Kier alpha value is -0.160. The van der Waals surface area contributed by atoms with Crippen LogP contribution in [0.2, 0.25) is 5.02 Å². The first kappa shape index (κ1) is 13.9. The molecule has 0 radical (unpaired) electrons. The van der Waals surface area contributed by atoms with Gasteiger partial charge in [0.25, 0.3) is 0 Å². The summed E-state index contributed by atoms with van der Waals surface area (Å²) >= 11 is 9.34. The number of halogens is 3. The Bertz CT molecular complexity index is 360. The topological polar surface area (TPSA) is 29.3 Å². The summed E-state index contributed by atoms with van der Waals surface area (Å²) in [5, 5.41) is 0.440. The number of hydrogen-bond acceptors (Lipinski definition) is 2. The number of hydrogen-bond donors (Lipinski definition) is 1. The van der Waals surface area contributed by atoms with Crippen LogP contribution in [-0.4, -0.2) is 24.5 Å². The van der Waals surface area contributed by atoms with Gasteiger partial charge in [0.1, 0.15) is 5.82 Å². The zero-order valence-corrected chi connectivity index (χ0v) is 11.5. The number of nitrogens with two attached hydrogens (primary N) is 1. The molecule has 2 N–H and O–H groups in total. The molecule has 1 aromatic rings. The molecule has 0 aliphatic heterocycles. The van der Waals surface area contributed by atoms with Crippen molar-refractivity contribution in [3.05, 3.63) is 33.0 Å². The third-order valence-corrected chi connectivity index (χ3v) is 3.73. The summed E-state index contributed by atoms with van der Waals surface area (Å²) in [4.78, 5) is 2.05. The van der Waals surface area contributed by atoms with E-state index in [1.54, 1.807) is 6.07 Å². The van der Waals surface area contributed by atoms with E-state index in [-0.39, 0.29) is 5.82 Å². The van der Waals surface area contributed by atoms with Gasteiger partial charge in [0.15, 0.2) is 0 Å². The Morgan fingerprint density at radius 2 is 2.19 bits per heavy atom. The largest absolute Gasteiger partial charge is 0.329 e. The van der Waals surface area contributed by atoms with Crippen LogP contribution in [0.25, 0.3) is 0 Å². The number of likely N-dealkylation sites (N-methyl/N-ethyl adjacent to an activating group) is 1. The van der Waals surface area contributed by atoms with Gasteiger partial charge in [-0.1, -0.05) is 18.5 Å². The van der Waals surface area contributed by atoms with Crippen molar-refractivity contribution in [3.63, 3.8) is 0 Å². The zero-order valence-electron chi connectivity index (χ0n) is 9.14. The Labute approximate surface area is 109 Å². The van der Waals surface area contributed by atoms with Crippen LogP contribution in [0.4, 0.5) is 4.39 Å². The Kier molecular flexibility index (Phi) is 5.69. The van der Waals surface area contributed by atoms with Crippen LogP contribution < -0.4 is 5.73 Å². The van der Waals surface area contributed by atoms with E-state index in [0.717, 1.165) is 17.6 Å². The molecule has 0 aliphatic carbocycles. The first-order valence-corrected chi connectivity index (χ1v) is 6.32. The maximum absolute atomic E-state index is 13.6. The predicted octanol–water partition coefficient (Wildman–Crippen LogP) is 3.02. The third kappa shape index (κ3) is 3.42. The molecule has 1 rings (SSSR count). The molecule has 1 aromatic carbocycles. The van der Waals surface area contributed by atoms with Crippen molar-refractivity contribution in [3.8, 4) is 0 Å². The molecule has 16 heavy (non-hydrogen) atoms. The van der Waals surface area contributed by atoms with Crippen molar-refractivity contribution in [1.29, 1.82) is 0 Å². The second kappa shape index (κ2) is 6.55. The molecule has 0 heterocycles. The zero-order chi connectivity index (χ0) is 12.1. The molecule has 90 valence electrons. The molecule has 5 heteroatoms. The lowest BCUT2D eigenvalue weighted by molar-refractivity contribution is 0.284. The van der Waals surface area contributed by atoms with E-state index in [4.69, 9.17) is 17.3 Å². The molecule has 0 saturated heterocycles. The number of rotatable bonds is 5. The maximum Gasteiger partial charge on any atom is 0.129 e. The number of nitrogens with zero attached hydrogens (tertiary/aromatic N) is 1. The van der Waals surface area contributed by atoms with Crippen LogP contribution in [0.5, 0.6) is 0 Å². The molecule has 0 fully saturated rings. The minimum absolute atomic E-state index is 0.274. The lowest BCUT2D eigenvalue weighted by Gasteiger charge is -2.20. The first-order chi connectivity index (χ1) is 7.60. The van der Waals surface area contributed by atoms with Crippen LogP contribution in [0.15, 0.2) is 16.6 Å². The van der Waals surface area contributed by atoms with E-state index in [9.17, 15) is 4.39 Å². The Balaban J connectivity index is 2.90. The normalized spacial score (nSPS) is 11.1. The van der Waals surface area contributed by atoms with E-state index < -0.39 is 0 Å². The fraction of sp³-hybridized carbons (Fsp3) is 0.455. The molecule has 0 spiro atoms. The van der Waals surface area contributed by atoms with Crippen LogP contribution in [0, 0.1) is 5.82 Å². The van der Waals surface area contributed by atoms with Gasteiger partial charge in [0.2, 0.25) is 0 Å². The van der Waals surface area contributed by atoms with E-state index in [0.29, 0.717) is 23.7 Å². The standard InChI is InChI=1S/C11H15BrClFN2/c1-2-16(6-5-15)7-8-10(14)4-3-9(12)11(8)13/h3-4H,2,5-7,15H2,1H3. The monoisotopic (exact) mass is 308 g/mol. The molecule has 0 bridgehead atoms. The highest BCUT2D eigenvalue weighted by molar-refractivity contribution is 9.10. The average Bonchev–Trinajstić information content (AvgIpc) is 2.28. The van der Waals surface area contributed by atoms with E-state index >= 15 is 0 Å². The molecule has 0 unspecified atom stereocenters. The summed E-state index contributed by atoms with van der Waals surface area (Å²) in [6.07, 6.45) is 0. The lowest BCUT2D eigenvalue weighted by Crippen LogP contribution is -2.29. The summed E-state index contributed by atoms with van der Waals surface area (Å²) in [6.45, 7) is 4.61. The van der Waals surface area contributed by atoms with E-state index in [1.165, 1.54) is 6.07 Å². The van der Waals surface area contributed by atoms with Crippen LogP contribution >= 0.6 is 27.5 Å². The molecule has 0 saturated carbocycles. The van der Waals surface area contributed by atoms with Gasteiger partial charge < -0.3 is 5.73 Å². The van der Waals surface area contributed by atoms with E-state index in [2.05, 4.69) is 20.8 Å². The number of benzene rings is 1. The molecular weight excluding hydrogens is 294 g/mol. The minimum atomic E-state index is -0.274. The fourth-order valence-corrected chi connectivity index (χ4v) is 2.05. The third-order valence-electron chi connectivity index (χ3n) is 2.41. The summed E-state index contributed by atoms with van der Waals surface area (Å²) in [5.74, 6) is -0.274. The van der Waals surface area contributed by atoms with Crippen molar-refractivity contribution in [2.24, 2.45) is 5.73 Å². The first-order valence-electron chi connectivity index (χ1n) is 5.15. The summed E-state index contributed by atoms with van der Waals surface area (Å²) in [7, 11) is 0. The van der Waals surface area contributed by atoms with Gasteiger partial charge >= 0.3 is 0 Å². The molecule has 0 amide bonds. The highest BCUT2D eigenvalue weighted by Crippen LogP contribution is 2.29. The SMILES string of the molecule is CCN(CCN)Cc1c(F)ccc(Br)c1Cl. The lowest BCUT2D eigenvalue weighted by atomic mass is 10.2. The van der Waals surface area contributed by atoms with Gasteiger partial charge in [-0.15, -0.1) is 0 Å². The fourth-order valence-electron chi connectivity index (χ4n) is 1.47. The second-order valence-electron chi connectivity index (χ2n) is 3.48. The average molecular weight is 310 g/mol. The van der Waals surface area contributed by atoms with Gasteiger partial charge in [-0.3, -0.25) is 4.90 Å². The highest BCUT2D eigenvalue weighted by Gasteiger charge is 2.13. The quantitative estimate of drug-likeness (QED) is 0.847. The summed E-state index contributed by atoms with van der Waals surface area (Å²) < 4.78 is 14.3. The van der Waals surface area contributed by atoms with Gasteiger partial charge in [-0.25, -0.2) is 4.39 Å². The molecular formula is C11H15BrClFN2. The highest BCUT2D eigenvalue weighted by atomic mass is 79.9. The molecule has 0 aliphatic rings. The van der Waals surface area contributed by atoms with Crippen molar-refractivity contribution >= 4 is 27.5 Å². The van der Waals surface area contributed by atoms with Crippen LogP contribution in [0.3, 0.4) is 0 Å². The molecule has 2 nitrogen and oxygen atoms in total. The maximum atomic E-state index is 13.6. The smallest absolute Gasteiger partial charge is 0.129 e. The Morgan fingerprint density at radius 1 is 1.50 bits per heavy atom. The van der Waals surface area contributed by atoms with Gasteiger partial charge in [0, 0.05) is 29.7 Å². The van der Waals surface area contributed by atoms with Crippen LogP contribution in [-0.2, 0) is 6.54 Å². The second-order valence-corrected chi connectivity index (χ2v) is 4.71. The van der Waals surface area contributed by atoms with Gasteiger partial charge in [-0.2, -0.15) is 0 Å². The van der Waals surface area contributed by atoms with Crippen molar-refractivity contribution in [1.82, 2.24) is 4.90 Å². The minimum Gasteiger partial charge on any atom is -0.329 e. The van der Waals surface area contributed by atoms with E-state index in [1.807, 2.05) is 6.92 Å². The van der Waals surface area contributed by atoms with Gasteiger partial charge in [-0.05, 0) is 34.6 Å². The molecule has 0 aromatic heterocycles. The Morgan fingerprint density at radius 3 is 2.75 bits per heavy atom.